The number of carbonyl (C=O) groups is 1. The number of rotatable bonds is 3. The summed E-state index contributed by atoms with van der Waals surface area (Å²) >= 11 is 0. The number of amides is 1. The van der Waals surface area contributed by atoms with Crippen LogP contribution in [0.15, 0.2) is 0 Å². The lowest BCUT2D eigenvalue weighted by Gasteiger charge is -2.43. The molecule has 2 atom stereocenters. The molecule has 1 fully saturated rings. The number of hydrogen-bond acceptors (Lipinski definition) is 3. The highest BCUT2D eigenvalue weighted by Crippen LogP contribution is 2.27. The second-order valence-corrected chi connectivity index (χ2v) is 5.97. The Morgan fingerprint density at radius 1 is 1.46 bits per heavy atom. The average molecular weight is 205 g/mol. The summed E-state index contributed by atoms with van der Waals surface area (Å²) in [5.41, 5.74) is 0. The van der Waals surface area contributed by atoms with Gasteiger partial charge in [0.05, 0.1) is 11.7 Å². The summed E-state index contributed by atoms with van der Waals surface area (Å²) in [5.74, 6) is 0.0950. The molecule has 1 heterocycles. The summed E-state index contributed by atoms with van der Waals surface area (Å²) in [4.78, 5) is 12.9. The molecular weight excluding hydrogens is 190 g/mol. The maximum Gasteiger partial charge on any atom is 0.227 e. The van der Waals surface area contributed by atoms with Crippen molar-refractivity contribution in [3.63, 3.8) is 0 Å². The van der Waals surface area contributed by atoms with Crippen molar-refractivity contribution in [2.24, 2.45) is 5.92 Å². The lowest BCUT2D eigenvalue weighted by molar-refractivity contribution is -0.152. The van der Waals surface area contributed by atoms with Crippen LogP contribution in [0.25, 0.3) is 0 Å². The van der Waals surface area contributed by atoms with Gasteiger partial charge in [-0.2, -0.15) is 0 Å². The second-order valence-electron chi connectivity index (χ2n) is 3.71. The summed E-state index contributed by atoms with van der Waals surface area (Å²) in [6.45, 7) is 1.94. The van der Waals surface area contributed by atoms with Crippen LogP contribution in [0, 0.1) is 5.92 Å². The quantitative estimate of drug-likeness (QED) is 0.604. The zero-order valence-corrected chi connectivity index (χ0v) is 8.97. The van der Waals surface area contributed by atoms with Crippen LogP contribution in [0.5, 0.6) is 0 Å². The lowest BCUT2D eigenvalue weighted by Crippen LogP contribution is -2.57. The van der Waals surface area contributed by atoms with E-state index in [0.29, 0.717) is 6.42 Å². The standard InChI is InChI=1S/C8H15NO3S/c1-6-7(8(10)9(6)2)4-5-13(3,11)12/h6-7H,4-5H2,1-3H3/t6-,7-/m0/s1. The van der Waals surface area contributed by atoms with Crippen LogP contribution >= 0.6 is 0 Å². The molecule has 0 aliphatic carbocycles. The van der Waals surface area contributed by atoms with Gasteiger partial charge in [-0.05, 0) is 13.3 Å². The van der Waals surface area contributed by atoms with Gasteiger partial charge < -0.3 is 4.90 Å². The summed E-state index contributed by atoms with van der Waals surface area (Å²) in [7, 11) is -1.19. The Labute approximate surface area is 78.8 Å². The van der Waals surface area contributed by atoms with Crippen molar-refractivity contribution in [1.29, 1.82) is 0 Å². The average Bonchev–Trinajstić information content (AvgIpc) is 2.01. The van der Waals surface area contributed by atoms with E-state index in [1.165, 1.54) is 6.26 Å². The minimum absolute atomic E-state index is 0.0659. The Bertz CT molecular complexity index is 309. The molecular formula is C8H15NO3S. The zero-order chi connectivity index (χ0) is 10.2. The van der Waals surface area contributed by atoms with Gasteiger partial charge in [-0.1, -0.05) is 0 Å². The predicted octanol–water partition coefficient (Wildman–Crippen LogP) is -0.102. The first-order chi connectivity index (χ1) is 5.83. The topological polar surface area (TPSA) is 54.5 Å². The van der Waals surface area contributed by atoms with E-state index in [9.17, 15) is 13.2 Å². The monoisotopic (exact) mass is 205 g/mol. The van der Waals surface area contributed by atoms with E-state index in [1.807, 2.05) is 6.92 Å². The van der Waals surface area contributed by atoms with Gasteiger partial charge in [-0.15, -0.1) is 0 Å². The number of likely N-dealkylation sites (tertiary alicyclic amines) is 1. The predicted molar refractivity (Wildman–Crippen MR) is 50.0 cm³/mol. The van der Waals surface area contributed by atoms with Crippen molar-refractivity contribution in [3.05, 3.63) is 0 Å². The lowest BCUT2D eigenvalue weighted by atomic mass is 9.87. The summed E-state index contributed by atoms with van der Waals surface area (Å²) in [6.07, 6.45) is 1.66. The molecule has 0 radical (unpaired) electrons. The molecule has 0 spiro atoms. The number of nitrogens with zero attached hydrogens (tertiary/aromatic N) is 1. The third kappa shape index (κ3) is 2.21. The van der Waals surface area contributed by atoms with Gasteiger partial charge in [-0.3, -0.25) is 4.79 Å². The van der Waals surface area contributed by atoms with Crippen molar-refractivity contribution in [3.8, 4) is 0 Å². The van der Waals surface area contributed by atoms with Crippen LogP contribution in [0.2, 0.25) is 0 Å². The third-order valence-corrected chi connectivity index (χ3v) is 3.63. The Hall–Kier alpha value is -0.580. The van der Waals surface area contributed by atoms with Gasteiger partial charge in [0.15, 0.2) is 0 Å². The van der Waals surface area contributed by atoms with Gasteiger partial charge in [0.2, 0.25) is 5.91 Å². The molecule has 5 heteroatoms. The van der Waals surface area contributed by atoms with E-state index >= 15 is 0 Å². The minimum Gasteiger partial charge on any atom is -0.342 e. The normalized spacial score (nSPS) is 28.8. The fourth-order valence-electron chi connectivity index (χ4n) is 1.56. The van der Waals surface area contributed by atoms with Gasteiger partial charge in [-0.25, -0.2) is 8.42 Å². The van der Waals surface area contributed by atoms with Crippen LogP contribution in [0.3, 0.4) is 0 Å². The van der Waals surface area contributed by atoms with Crippen LogP contribution in [0.1, 0.15) is 13.3 Å². The van der Waals surface area contributed by atoms with Crippen molar-refractivity contribution in [2.75, 3.05) is 19.1 Å². The van der Waals surface area contributed by atoms with Gasteiger partial charge in [0, 0.05) is 19.3 Å². The molecule has 0 aromatic heterocycles. The van der Waals surface area contributed by atoms with E-state index < -0.39 is 9.84 Å². The summed E-state index contributed by atoms with van der Waals surface area (Å²) in [6, 6.07) is 0.189. The number of sulfone groups is 1. The van der Waals surface area contributed by atoms with Crippen molar-refractivity contribution in [2.45, 2.75) is 19.4 Å². The fraction of sp³-hybridized carbons (Fsp3) is 0.875. The molecule has 0 aromatic carbocycles. The third-order valence-electron chi connectivity index (χ3n) is 2.66. The minimum atomic E-state index is -2.93. The van der Waals surface area contributed by atoms with Gasteiger partial charge >= 0.3 is 0 Å². The molecule has 0 bridgehead atoms. The van der Waals surface area contributed by atoms with E-state index in [4.69, 9.17) is 0 Å². The van der Waals surface area contributed by atoms with Gasteiger partial charge in [0.25, 0.3) is 0 Å². The van der Waals surface area contributed by atoms with E-state index in [-0.39, 0.29) is 23.6 Å². The highest BCUT2D eigenvalue weighted by Gasteiger charge is 2.41. The SMILES string of the molecule is C[C@H]1[C@H](CCS(C)(=O)=O)C(=O)N1C. The first kappa shape index (κ1) is 10.5. The fourth-order valence-corrected chi connectivity index (χ4v) is 2.24. The summed E-state index contributed by atoms with van der Waals surface area (Å²) in [5, 5.41) is 0. The molecule has 0 N–H and O–H groups in total. The second kappa shape index (κ2) is 3.29. The molecule has 0 saturated carbocycles. The number of β-lactam (4-membered cyclic amide) rings is 1. The van der Waals surface area contributed by atoms with E-state index in [1.54, 1.807) is 11.9 Å². The van der Waals surface area contributed by atoms with Crippen LogP contribution in [0.4, 0.5) is 0 Å². The molecule has 0 aromatic rings. The number of hydrogen-bond donors (Lipinski definition) is 0. The first-order valence-electron chi connectivity index (χ1n) is 4.27. The van der Waals surface area contributed by atoms with Crippen LogP contribution in [-0.2, 0) is 14.6 Å². The molecule has 13 heavy (non-hydrogen) atoms. The zero-order valence-electron chi connectivity index (χ0n) is 8.15. The smallest absolute Gasteiger partial charge is 0.227 e. The first-order valence-corrected chi connectivity index (χ1v) is 6.33. The van der Waals surface area contributed by atoms with Crippen molar-refractivity contribution < 1.29 is 13.2 Å². The maximum absolute atomic E-state index is 11.2. The van der Waals surface area contributed by atoms with Crippen LogP contribution in [-0.4, -0.2) is 44.3 Å². The van der Waals surface area contributed by atoms with Crippen LogP contribution < -0.4 is 0 Å². The van der Waals surface area contributed by atoms with Gasteiger partial charge in [0.1, 0.15) is 9.84 Å². The molecule has 1 aliphatic rings. The Morgan fingerprint density at radius 3 is 2.38 bits per heavy atom. The summed E-state index contributed by atoms with van der Waals surface area (Å²) < 4.78 is 21.7. The Morgan fingerprint density at radius 2 is 2.00 bits per heavy atom. The van der Waals surface area contributed by atoms with Crippen molar-refractivity contribution >= 4 is 15.7 Å². The Kier molecular flexibility index (Phi) is 2.66. The molecule has 1 amide bonds. The van der Waals surface area contributed by atoms with E-state index in [0.717, 1.165) is 0 Å². The molecule has 76 valence electrons. The molecule has 1 aliphatic heterocycles. The molecule has 1 rings (SSSR count). The largest absolute Gasteiger partial charge is 0.342 e. The highest BCUT2D eigenvalue weighted by molar-refractivity contribution is 7.90. The molecule has 0 unspecified atom stereocenters. The van der Waals surface area contributed by atoms with E-state index in [2.05, 4.69) is 0 Å². The molecule has 4 nitrogen and oxygen atoms in total. The maximum atomic E-state index is 11.2. The number of carbonyl (C=O) groups excluding carboxylic acids is 1. The highest BCUT2D eigenvalue weighted by atomic mass is 32.2. The Balaban J connectivity index is 2.45. The van der Waals surface area contributed by atoms with Crippen molar-refractivity contribution in [1.82, 2.24) is 4.90 Å². The molecule has 1 saturated heterocycles.